The molecule has 6 heteroatoms. The van der Waals surface area contributed by atoms with E-state index in [1.807, 2.05) is 0 Å². The number of nitriles is 1. The number of nitrogens with zero attached hydrogens (tertiary/aromatic N) is 1. The Balaban J connectivity index is 2.37. The summed E-state index contributed by atoms with van der Waals surface area (Å²) in [4.78, 5) is 21.8. The van der Waals surface area contributed by atoms with E-state index in [0.29, 0.717) is 24.6 Å². The standard InChI is InChI=1S/C13H15N3O3/c1-10(17)15-8-9-19-12-4-2-11(3-5-12)16-13(18)6-7-14/h2-5H,6,8-9H2,1H3,(H,15,17)(H,16,18). The Labute approximate surface area is 111 Å². The van der Waals surface area contributed by atoms with Crippen LogP contribution in [-0.4, -0.2) is 25.0 Å². The number of ether oxygens (including phenoxy) is 1. The minimum Gasteiger partial charge on any atom is -0.492 e. The summed E-state index contributed by atoms with van der Waals surface area (Å²) in [5.41, 5.74) is 0.606. The Morgan fingerprint density at radius 1 is 1.32 bits per heavy atom. The Morgan fingerprint density at radius 3 is 2.58 bits per heavy atom. The highest BCUT2D eigenvalue weighted by Gasteiger charge is 2.01. The fraction of sp³-hybridized carbons (Fsp3) is 0.308. The number of hydrogen-bond acceptors (Lipinski definition) is 4. The molecule has 0 aromatic heterocycles. The van der Waals surface area contributed by atoms with Gasteiger partial charge in [0.25, 0.3) is 0 Å². The highest BCUT2D eigenvalue weighted by Crippen LogP contribution is 2.15. The summed E-state index contributed by atoms with van der Waals surface area (Å²) in [6.07, 6.45) is -0.172. The summed E-state index contributed by atoms with van der Waals surface area (Å²) in [7, 11) is 0. The molecule has 0 saturated heterocycles. The molecule has 0 heterocycles. The molecule has 2 N–H and O–H groups in total. The lowest BCUT2D eigenvalue weighted by molar-refractivity contribution is -0.119. The summed E-state index contributed by atoms with van der Waals surface area (Å²) >= 11 is 0. The van der Waals surface area contributed by atoms with E-state index in [4.69, 9.17) is 10.00 Å². The number of rotatable bonds is 6. The van der Waals surface area contributed by atoms with E-state index in [9.17, 15) is 9.59 Å². The predicted molar refractivity (Wildman–Crippen MR) is 69.5 cm³/mol. The number of amides is 2. The van der Waals surface area contributed by atoms with Crippen LogP contribution in [0.4, 0.5) is 5.69 Å². The molecular formula is C13H15N3O3. The first-order valence-electron chi connectivity index (χ1n) is 5.76. The molecule has 0 aliphatic heterocycles. The molecule has 0 atom stereocenters. The Kier molecular flexibility index (Phi) is 5.89. The second-order valence-electron chi connectivity index (χ2n) is 3.74. The maximum absolute atomic E-state index is 11.2. The highest BCUT2D eigenvalue weighted by molar-refractivity contribution is 5.92. The van der Waals surface area contributed by atoms with Crippen LogP contribution in [0.5, 0.6) is 5.75 Å². The van der Waals surface area contributed by atoms with Crippen molar-refractivity contribution in [3.8, 4) is 11.8 Å². The average molecular weight is 261 g/mol. The fourth-order valence-electron chi connectivity index (χ4n) is 1.31. The van der Waals surface area contributed by atoms with Crippen molar-refractivity contribution < 1.29 is 14.3 Å². The van der Waals surface area contributed by atoms with Crippen LogP contribution in [0.1, 0.15) is 13.3 Å². The molecule has 100 valence electrons. The number of carbonyl (C=O) groups is 2. The van der Waals surface area contributed by atoms with Crippen LogP contribution in [0.3, 0.4) is 0 Å². The van der Waals surface area contributed by atoms with Crippen molar-refractivity contribution in [3.63, 3.8) is 0 Å². The van der Waals surface area contributed by atoms with Crippen LogP contribution in [0.25, 0.3) is 0 Å². The van der Waals surface area contributed by atoms with Crippen molar-refractivity contribution in [1.29, 1.82) is 5.26 Å². The lowest BCUT2D eigenvalue weighted by atomic mass is 10.3. The summed E-state index contributed by atoms with van der Waals surface area (Å²) in [5.74, 6) is 0.199. The molecule has 0 saturated carbocycles. The average Bonchev–Trinajstić information content (AvgIpc) is 2.36. The monoisotopic (exact) mass is 261 g/mol. The van der Waals surface area contributed by atoms with Gasteiger partial charge in [-0.15, -0.1) is 0 Å². The molecule has 6 nitrogen and oxygen atoms in total. The fourth-order valence-corrected chi connectivity index (χ4v) is 1.31. The van der Waals surface area contributed by atoms with E-state index < -0.39 is 0 Å². The molecule has 0 aliphatic carbocycles. The zero-order valence-corrected chi connectivity index (χ0v) is 10.6. The van der Waals surface area contributed by atoms with E-state index in [1.54, 1.807) is 30.3 Å². The van der Waals surface area contributed by atoms with Crippen molar-refractivity contribution in [2.75, 3.05) is 18.5 Å². The molecule has 0 unspecified atom stereocenters. The van der Waals surface area contributed by atoms with Gasteiger partial charge in [-0.25, -0.2) is 0 Å². The number of benzene rings is 1. The quantitative estimate of drug-likeness (QED) is 0.749. The molecule has 0 bridgehead atoms. The minimum absolute atomic E-state index is 0.0980. The van der Waals surface area contributed by atoms with Crippen LogP contribution in [-0.2, 0) is 9.59 Å². The van der Waals surface area contributed by atoms with Gasteiger partial charge in [0.15, 0.2) is 0 Å². The largest absolute Gasteiger partial charge is 0.492 e. The van der Waals surface area contributed by atoms with Gasteiger partial charge in [-0.3, -0.25) is 9.59 Å². The van der Waals surface area contributed by atoms with Gasteiger partial charge in [0.1, 0.15) is 18.8 Å². The lowest BCUT2D eigenvalue weighted by Gasteiger charge is -2.08. The zero-order valence-electron chi connectivity index (χ0n) is 10.6. The van der Waals surface area contributed by atoms with E-state index in [1.165, 1.54) is 6.92 Å². The molecule has 2 amide bonds. The van der Waals surface area contributed by atoms with E-state index >= 15 is 0 Å². The number of nitrogens with one attached hydrogen (secondary N) is 2. The van der Waals surface area contributed by atoms with Crippen LogP contribution < -0.4 is 15.4 Å². The second kappa shape index (κ2) is 7.71. The number of carbonyl (C=O) groups excluding carboxylic acids is 2. The van der Waals surface area contributed by atoms with Gasteiger partial charge in [0, 0.05) is 12.6 Å². The smallest absolute Gasteiger partial charge is 0.238 e. The molecule has 1 aromatic rings. The van der Waals surface area contributed by atoms with Crippen molar-refractivity contribution in [3.05, 3.63) is 24.3 Å². The van der Waals surface area contributed by atoms with E-state index in [0.717, 1.165) is 0 Å². The van der Waals surface area contributed by atoms with Crippen molar-refractivity contribution in [2.45, 2.75) is 13.3 Å². The van der Waals surface area contributed by atoms with Crippen molar-refractivity contribution in [1.82, 2.24) is 5.32 Å². The van der Waals surface area contributed by atoms with E-state index in [-0.39, 0.29) is 18.2 Å². The summed E-state index contributed by atoms with van der Waals surface area (Å²) < 4.78 is 5.38. The Hall–Kier alpha value is -2.55. The number of anilines is 1. The van der Waals surface area contributed by atoms with Crippen LogP contribution >= 0.6 is 0 Å². The molecule has 1 rings (SSSR count). The first kappa shape index (κ1) is 14.5. The first-order chi connectivity index (χ1) is 9.11. The van der Waals surface area contributed by atoms with Gasteiger partial charge in [-0.05, 0) is 24.3 Å². The third-order valence-corrected chi connectivity index (χ3v) is 2.12. The van der Waals surface area contributed by atoms with Gasteiger partial charge in [-0.2, -0.15) is 5.26 Å². The molecule has 1 aromatic carbocycles. The van der Waals surface area contributed by atoms with Crippen molar-refractivity contribution >= 4 is 17.5 Å². The van der Waals surface area contributed by atoms with Gasteiger partial charge >= 0.3 is 0 Å². The highest BCUT2D eigenvalue weighted by atomic mass is 16.5. The minimum atomic E-state index is -0.346. The SMILES string of the molecule is CC(=O)NCCOc1ccc(NC(=O)CC#N)cc1. The van der Waals surface area contributed by atoms with Crippen molar-refractivity contribution in [2.24, 2.45) is 0 Å². The lowest BCUT2D eigenvalue weighted by Crippen LogP contribution is -2.25. The second-order valence-corrected chi connectivity index (χ2v) is 3.74. The summed E-state index contributed by atoms with van der Waals surface area (Å²) in [6, 6.07) is 8.55. The van der Waals surface area contributed by atoms with Gasteiger partial charge < -0.3 is 15.4 Å². The normalized spacial score (nSPS) is 9.26. The Morgan fingerprint density at radius 2 is 2.00 bits per heavy atom. The predicted octanol–water partition coefficient (Wildman–Crippen LogP) is 1.05. The summed E-state index contributed by atoms with van der Waals surface area (Å²) in [6.45, 7) is 2.26. The zero-order chi connectivity index (χ0) is 14.1. The Bertz CT molecular complexity index is 477. The van der Waals surface area contributed by atoms with E-state index in [2.05, 4.69) is 10.6 Å². The van der Waals surface area contributed by atoms with Crippen LogP contribution in [0.15, 0.2) is 24.3 Å². The molecule has 0 radical (unpaired) electrons. The van der Waals surface area contributed by atoms with Gasteiger partial charge in [-0.1, -0.05) is 0 Å². The molecule has 19 heavy (non-hydrogen) atoms. The van der Waals surface area contributed by atoms with Gasteiger partial charge in [0.05, 0.1) is 12.6 Å². The topological polar surface area (TPSA) is 91.2 Å². The maximum Gasteiger partial charge on any atom is 0.238 e. The van der Waals surface area contributed by atoms with Gasteiger partial charge in [0.2, 0.25) is 11.8 Å². The maximum atomic E-state index is 11.2. The van der Waals surface area contributed by atoms with Crippen LogP contribution in [0.2, 0.25) is 0 Å². The molecule has 0 spiro atoms. The molecular weight excluding hydrogens is 246 g/mol. The van der Waals surface area contributed by atoms with Crippen LogP contribution in [0, 0.1) is 11.3 Å². The third-order valence-electron chi connectivity index (χ3n) is 2.12. The molecule has 0 aliphatic rings. The summed E-state index contributed by atoms with van der Waals surface area (Å²) in [5, 5.41) is 13.6. The first-order valence-corrected chi connectivity index (χ1v) is 5.76. The molecule has 0 fully saturated rings. The third kappa shape index (κ3) is 6.07. The number of hydrogen-bond donors (Lipinski definition) is 2.